The third-order valence-electron chi connectivity index (χ3n) is 2.72. The van der Waals surface area contributed by atoms with Crippen LogP contribution >= 0.6 is 12.2 Å². The number of aromatic nitrogens is 2. The van der Waals surface area contributed by atoms with E-state index in [0.29, 0.717) is 11.2 Å². The largest absolute Gasteiger partial charge is 0.486 e. The average Bonchev–Trinajstić information content (AvgIpc) is 2.36. The van der Waals surface area contributed by atoms with Crippen molar-refractivity contribution in [3.8, 4) is 5.75 Å². The zero-order valence-electron chi connectivity index (χ0n) is 11.4. The molecule has 0 saturated carbocycles. The first-order valence-electron chi connectivity index (χ1n) is 6.24. The molecule has 0 spiro atoms. The molecule has 19 heavy (non-hydrogen) atoms. The van der Waals surface area contributed by atoms with Gasteiger partial charge in [0.05, 0.1) is 0 Å². The summed E-state index contributed by atoms with van der Waals surface area (Å²) in [5, 5.41) is 0. The van der Waals surface area contributed by atoms with E-state index in [1.54, 1.807) is 0 Å². The lowest BCUT2D eigenvalue weighted by atomic mass is 9.92. The van der Waals surface area contributed by atoms with Crippen LogP contribution in [0.5, 0.6) is 5.75 Å². The van der Waals surface area contributed by atoms with E-state index in [9.17, 15) is 0 Å². The summed E-state index contributed by atoms with van der Waals surface area (Å²) >= 11 is 5.20. The van der Waals surface area contributed by atoms with Crippen LogP contribution in [0.1, 0.15) is 32.3 Å². The van der Waals surface area contributed by atoms with Crippen molar-refractivity contribution >= 4 is 12.2 Å². The SMILES string of the molecule is CC(C)(C)c1cc(=S)nc(COc2ccccc2)[nH]1. The van der Waals surface area contributed by atoms with E-state index in [1.807, 2.05) is 36.4 Å². The molecule has 2 rings (SSSR count). The summed E-state index contributed by atoms with van der Waals surface area (Å²) in [5.74, 6) is 1.58. The number of hydrogen-bond acceptors (Lipinski definition) is 3. The standard InChI is InChI=1S/C15H18N2OS/c1-15(2,3)12-9-14(19)17-13(16-12)10-18-11-7-5-4-6-8-11/h4-9H,10H2,1-3H3,(H,16,17,19). The number of ether oxygens (including phenoxy) is 1. The second-order valence-corrected chi connectivity index (χ2v) is 5.85. The normalized spacial score (nSPS) is 11.3. The molecule has 0 saturated heterocycles. The van der Waals surface area contributed by atoms with E-state index in [4.69, 9.17) is 17.0 Å². The average molecular weight is 274 g/mol. The van der Waals surface area contributed by atoms with Crippen molar-refractivity contribution in [2.45, 2.75) is 32.8 Å². The van der Waals surface area contributed by atoms with Crippen molar-refractivity contribution in [2.24, 2.45) is 0 Å². The highest BCUT2D eigenvalue weighted by atomic mass is 32.1. The molecule has 0 bridgehead atoms. The Kier molecular flexibility index (Phi) is 4.00. The van der Waals surface area contributed by atoms with Crippen LogP contribution < -0.4 is 4.74 Å². The van der Waals surface area contributed by atoms with Gasteiger partial charge in [-0.2, -0.15) is 0 Å². The number of nitrogens with zero attached hydrogens (tertiary/aromatic N) is 1. The lowest BCUT2D eigenvalue weighted by Crippen LogP contribution is -2.16. The van der Waals surface area contributed by atoms with Crippen LogP contribution in [-0.2, 0) is 12.0 Å². The highest BCUT2D eigenvalue weighted by Gasteiger charge is 2.15. The smallest absolute Gasteiger partial charge is 0.146 e. The number of H-pyrrole nitrogens is 1. The topological polar surface area (TPSA) is 37.9 Å². The van der Waals surface area contributed by atoms with Gasteiger partial charge in [0.25, 0.3) is 0 Å². The summed E-state index contributed by atoms with van der Waals surface area (Å²) in [4.78, 5) is 7.59. The first-order chi connectivity index (χ1) is 8.95. The summed E-state index contributed by atoms with van der Waals surface area (Å²) in [6, 6.07) is 11.6. The molecular weight excluding hydrogens is 256 g/mol. The van der Waals surface area contributed by atoms with Crippen molar-refractivity contribution in [2.75, 3.05) is 0 Å². The third kappa shape index (κ3) is 3.89. The Labute approximate surface area is 118 Å². The minimum atomic E-state index is 0.0119. The Morgan fingerprint density at radius 3 is 2.53 bits per heavy atom. The molecule has 0 aliphatic rings. The number of aromatic amines is 1. The minimum Gasteiger partial charge on any atom is -0.486 e. The van der Waals surface area contributed by atoms with E-state index in [1.165, 1.54) is 0 Å². The monoisotopic (exact) mass is 274 g/mol. The number of para-hydroxylation sites is 1. The van der Waals surface area contributed by atoms with Crippen LogP contribution in [0.25, 0.3) is 0 Å². The molecule has 0 fully saturated rings. The Hall–Kier alpha value is -1.68. The van der Waals surface area contributed by atoms with Gasteiger partial charge in [0.2, 0.25) is 0 Å². The fourth-order valence-electron chi connectivity index (χ4n) is 1.65. The van der Waals surface area contributed by atoms with Gasteiger partial charge in [-0.05, 0) is 18.2 Å². The molecule has 1 aromatic heterocycles. The van der Waals surface area contributed by atoms with Crippen LogP contribution in [0.4, 0.5) is 0 Å². The van der Waals surface area contributed by atoms with Gasteiger partial charge >= 0.3 is 0 Å². The molecule has 0 atom stereocenters. The Balaban J connectivity index is 2.17. The van der Waals surface area contributed by atoms with Gasteiger partial charge in [0.1, 0.15) is 22.8 Å². The Morgan fingerprint density at radius 1 is 1.21 bits per heavy atom. The predicted molar refractivity (Wildman–Crippen MR) is 78.9 cm³/mol. The second kappa shape index (κ2) is 5.53. The zero-order chi connectivity index (χ0) is 13.9. The fraction of sp³-hybridized carbons (Fsp3) is 0.333. The van der Waals surface area contributed by atoms with Crippen molar-refractivity contribution in [3.63, 3.8) is 0 Å². The first-order valence-corrected chi connectivity index (χ1v) is 6.64. The van der Waals surface area contributed by atoms with Crippen molar-refractivity contribution in [3.05, 3.63) is 52.6 Å². The molecule has 3 nitrogen and oxygen atoms in total. The van der Waals surface area contributed by atoms with Gasteiger partial charge in [0, 0.05) is 11.1 Å². The van der Waals surface area contributed by atoms with Crippen LogP contribution in [0.15, 0.2) is 36.4 Å². The van der Waals surface area contributed by atoms with Crippen LogP contribution in [0, 0.1) is 4.64 Å². The maximum absolute atomic E-state index is 5.67. The van der Waals surface area contributed by atoms with Crippen molar-refractivity contribution < 1.29 is 4.74 Å². The van der Waals surface area contributed by atoms with Gasteiger partial charge < -0.3 is 9.72 Å². The summed E-state index contributed by atoms with van der Waals surface area (Å²) in [6.45, 7) is 6.79. The van der Waals surface area contributed by atoms with Gasteiger partial charge in [-0.25, -0.2) is 4.98 Å². The Morgan fingerprint density at radius 2 is 1.89 bits per heavy atom. The molecule has 1 N–H and O–H groups in total. The van der Waals surface area contributed by atoms with E-state index in [-0.39, 0.29) is 5.41 Å². The molecule has 0 unspecified atom stereocenters. The zero-order valence-corrected chi connectivity index (χ0v) is 12.3. The quantitative estimate of drug-likeness (QED) is 0.859. The van der Waals surface area contributed by atoms with Gasteiger partial charge in [0.15, 0.2) is 0 Å². The van der Waals surface area contributed by atoms with Crippen LogP contribution in [-0.4, -0.2) is 9.97 Å². The molecule has 0 aliphatic carbocycles. The fourth-order valence-corrected chi connectivity index (χ4v) is 1.88. The molecular formula is C15H18N2OS. The van der Waals surface area contributed by atoms with Gasteiger partial charge in [-0.3, -0.25) is 0 Å². The lowest BCUT2D eigenvalue weighted by Gasteiger charge is -2.19. The lowest BCUT2D eigenvalue weighted by molar-refractivity contribution is 0.294. The van der Waals surface area contributed by atoms with Crippen molar-refractivity contribution in [1.82, 2.24) is 9.97 Å². The molecule has 0 radical (unpaired) electrons. The van der Waals surface area contributed by atoms with Gasteiger partial charge in [-0.1, -0.05) is 51.2 Å². The first kappa shape index (κ1) is 13.7. The summed E-state index contributed by atoms with van der Waals surface area (Å²) < 4.78 is 6.27. The highest BCUT2D eigenvalue weighted by molar-refractivity contribution is 7.71. The van der Waals surface area contributed by atoms with E-state index in [0.717, 1.165) is 17.3 Å². The van der Waals surface area contributed by atoms with E-state index in [2.05, 4.69) is 30.7 Å². The number of rotatable bonds is 3. The third-order valence-corrected chi connectivity index (χ3v) is 2.93. The number of benzene rings is 1. The van der Waals surface area contributed by atoms with Gasteiger partial charge in [-0.15, -0.1) is 0 Å². The minimum absolute atomic E-state index is 0.0119. The number of hydrogen-bond donors (Lipinski definition) is 1. The summed E-state index contributed by atoms with van der Waals surface area (Å²) in [7, 11) is 0. The van der Waals surface area contributed by atoms with E-state index >= 15 is 0 Å². The Bertz CT molecular complexity index is 600. The molecule has 100 valence electrons. The second-order valence-electron chi connectivity index (χ2n) is 5.43. The maximum atomic E-state index is 5.67. The summed E-state index contributed by atoms with van der Waals surface area (Å²) in [5.41, 5.74) is 1.08. The summed E-state index contributed by atoms with van der Waals surface area (Å²) in [6.07, 6.45) is 0. The van der Waals surface area contributed by atoms with Crippen LogP contribution in [0.3, 0.4) is 0 Å². The van der Waals surface area contributed by atoms with Crippen LogP contribution in [0.2, 0.25) is 0 Å². The molecule has 4 heteroatoms. The number of nitrogens with one attached hydrogen (secondary N) is 1. The molecule has 1 heterocycles. The molecule has 2 aromatic rings. The maximum Gasteiger partial charge on any atom is 0.146 e. The molecule has 0 aliphatic heterocycles. The van der Waals surface area contributed by atoms with Crippen molar-refractivity contribution in [1.29, 1.82) is 0 Å². The van der Waals surface area contributed by atoms with E-state index < -0.39 is 0 Å². The highest BCUT2D eigenvalue weighted by Crippen LogP contribution is 2.20. The predicted octanol–water partition coefficient (Wildman–Crippen LogP) is 4.02. The molecule has 0 amide bonds. The molecule has 1 aromatic carbocycles.